The van der Waals surface area contributed by atoms with Crippen molar-refractivity contribution in [3.05, 3.63) is 23.8 Å². The molecule has 1 saturated heterocycles. The van der Waals surface area contributed by atoms with Crippen molar-refractivity contribution in [1.82, 2.24) is 10.2 Å². The normalized spacial score (nSPS) is 24.2. The molecule has 0 aromatic heterocycles. The fourth-order valence-corrected chi connectivity index (χ4v) is 2.54. The van der Waals surface area contributed by atoms with E-state index in [1.165, 1.54) is 5.56 Å². The fraction of sp³-hybridized carbons (Fsp3) is 0.600. The number of hydrogen-bond donors (Lipinski definition) is 1. The zero-order valence-electron chi connectivity index (χ0n) is 12.3. The lowest BCUT2D eigenvalue weighted by atomic mass is 10.1. The van der Waals surface area contributed by atoms with Gasteiger partial charge in [0.1, 0.15) is 11.5 Å². The average molecular weight is 264 g/mol. The molecule has 1 aliphatic rings. The van der Waals surface area contributed by atoms with E-state index in [4.69, 9.17) is 9.47 Å². The van der Waals surface area contributed by atoms with E-state index in [2.05, 4.69) is 30.1 Å². The van der Waals surface area contributed by atoms with Crippen LogP contribution in [0.25, 0.3) is 0 Å². The zero-order valence-corrected chi connectivity index (χ0v) is 12.3. The summed E-state index contributed by atoms with van der Waals surface area (Å²) in [6.45, 7) is 7.47. The molecule has 106 valence electrons. The molecule has 1 fully saturated rings. The second-order valence-electron chi connectivity index (χ2n) is 5.27. The lowest BCUT2D eigenvalue weighted by molar-refractivity contribution is 0.137. The first-order chi connectivity index (χ1) is 9.13. The summed E-state index contributed by atoms with van der Waals surface area (Å²) in [5.41, 5.74) is 1.18. The highest BCUT2D eigenvalue weighted by Crippen LogP contribution is 2.26. The van der Waals surface area contributed by atoms with Gasteiger partial charge in [0.15, 0.2) is 0 Å². The molecule has 1 aliphatic heterocycles. The highest BCUT2D eigenvalue weighted by molar-refractivity contribution is 5.40. The molecule has 0 aliphatic carbocycles. The first-order valence-electron chi connectivity index (χ1n) is 6.82. The maximum absolute atomic E-state index is 5.45. The highest BCUT2D eigenvalue weighted by Gasteiger charge is 2.23. The van der Waals surface area contributed by atoms with Crippen LogP contribution in [0.2, 0.25) is 0 Å². The Hall–Kier alpha value is -1.26. The Labute approximate surface area is 115 Å². The zero-order chi connectivity index (χ0) is 13.8. The number of hydrogen-bond acceptors (Lipinski definition) is 4. The molecule has 1 aromatic carbocycles. The Morgan fingerprint density at radius 2 is 2.05 bits per heavy atom. The number of nitrogens with one attached hydrogen (secondary N) is 1. The van der Waals surface area contributed by atoms with Crippen LogP contribution in [0.15, 0.2) is 18.2 Å². The standard InChI is InChI=1S/C15H24N2O2/c1-11-9-17(12(2)8-16-11)10-13-7-14(18-3)5-6-15(13)19-4/h5-7,11-12,16H,8-10H2,1-4H3. The molecule has 0 radical (unpaired) electrons. The molecule has 4 heteroatoms. The maximum atomic E-state index is 5.45. The molecule has 4 nitrogen and oxygen atoms in total. The minimum absolute atomic E-state index is 0.534. The molecular weight excluding hydrogens is 240 g/mol. The SMILES string of the molecule is COc1ccc(OC)c(CN2CC(C)NCC2C)c1. The summed E-state index contributed by atoms with van der Waals surface area (Å²) in [6, 6.07) is 7.05. The number of piperazine rings is 1. The van der Waals surface area contributed by atoms with Crippen LogP contribution in [-0.4, -0.2) is 44.3 Å². The smallest absolute Gasteiger partial charge is 0.123 e. The van der Waals surface area contributed by atoms with E-state index in [1.807, 2.05) is 12.1 Å². The minimum atomic E-state index is 0.534. The van der Waals surface area contributed by atoms with Crippen molar-refractivity contribution in [3.8, 4) is 11.5 Å². The van der Waals surface area contributed by atoms with E-state index in [9.17, 15) is 0 Å². The number of ether oxygens (including phenoxy) is 2. The van der Waals surface area contributed by atoms with Crippen LogP contribution in [0.1, 0.15) is 19.4 Å². The van der Waals surface area contributed by atoms with E-state index >= 15 is 0 Å². The van der Waals surface area contributed by atoms with Crippen molar-refractivity contribution in [1.29, 1.82) is 0 Å². The first-order valence-corrected chi connectivity index (χ1v) is 6.82. The quantitative estimate of drug-likeness (QED) is 0.900. The van der Waals surface area contributed by atoms with Crippen LogP contribution in [0.5, 0.6) is 11.5 Å². The third-order valence-corrected chi connectivity index (χ3v) is 3.75. The second-order valence-corrected chi connectivity index (χ2v) is 5.27. The van der Waals surface area contributed by atoms with Gasteiger partial charge in [-0.25, -0.2) is 0 Å². The summed E-state index contributed by atoms with van der Waals surface area (Å²) in [4.78, 5) is 2.48. The summed E-state index contributed by atoms with van der Waals surface area (Å²) in [7, 11) is 3.41. The predicted molar refractivity (Wildman–Crippen MR) is 76.9 cm³/mol. The van der Waals surface area contributed by atoms with Gasteiger partial charge in [0.05, 0.1) is 14.2 Å². The molecule has 0 bridgehead atoms. The van der Waals surface area contributed by atoms with Gasteiger partial charge in [0.2, 0.25) is 0 Å². The van der Waals surface area contributed by atoms with Crippen LogP contribution in [0.3, 0.4) is 0 Å². The number of rotatable bonds is 4. The monoisotopic (exact) mass is 264 g/mol. The Morgan fingerprint density at radius 1 is 1.26 bits per heavy atom. The molecule has 1 aromatic rings. The van der Waals surface area contributed by atoms with Crippen LogP contribution in [0.4, 0.5) is 0 Å². The fourth-order valence-electron chi connectivity index (χ4n) is 2.54. The molecule has 0 amide bonds. The lowest BCUT2D eigenvalue weighted by Gasteiger charge is -2.37. The molecule has 1 heterocycles. The van der Waals surface area contributed by atoms with Crippen molar-refractivity contribution in [2.24, 2.45) is 0 Å². The summed E-state index contributed by atoms with van der Waals surface area (Å²) in [6.07, 6.45) is 0. The third-order valence-electron chi connectivity index (χ3n) is 3.75. The van der Waals surface area contributed by atoms with Crippen molar-refractivity contribution in [3.63, 3.8) is 0 Å². The molecular formula is C15H24N2O2. The van der Waals surface area contributed by atoms with Crippen molar-refractivity contribution in [2.45, 2.75) is 32.5 Å². The Morgan fingerprint density at radius 3 is 2.74 bits per heavy atom. The van der Waals surface area contributed by atoms with Crippen LogP contribution in [0, 0.1) is 0 Å². The molecule has 1 N–H and O–H groups in total. The van der Waals surface area contributed by atoms with E-state index in [1.54, 1.807) is 14.2 Å². The van der Waals surface area contributed by atoms with Crippen molar-refractivity contribution >= 4 is 0 Å². The summed E-state index contributed by atoms with van der Waals surface area (Å²) < 4.78 is 10.8. The van der Waals surface area contributed by atoms with Gasteiger partial charge in [0, 0.05) is 37.3 Å². The van der Waals surface area contributed by atoms with Gasteiger partial charge in [-0.1, -0.05) is 0 Å². The molecule has 19 heavy (non-hydrogen) atoms. The second kappa shape index (κ2) is 6.26. The number of nitrogens with zero attached hydrogens (tertiary/aromatic N) is 1. The number of methoxy groups -OCH3 is 2. The van der Waals surface area contributed by atoms with Gasteiger partial charge in [-0.2, -0.15) is 0 Å². The van der Waals surface area contributed by atoms with Gasteiger partial charge in [0.25, 0.3) is 0 Å². The third kappa shape index (κ3) is 3.39. The average Bonchev–Trinajstić information content (AvgIpc) is 2.42. The Balaban J connectivity index is 2.16. The maximum Gasteiger partial charge on any atom is 0.123 e. The topological polar surface area (TPSA) is 33.7 Å². The van der Waals surface area contributed by atoms with Crippen LogP contribution >= 0.6 is 0 Å². The highest BCUT2D eigenvalue weighted by atomic mass is 16.5. The molecule has 0 spiro atoms. The van der Waals surface area contributed by atoms with E-state index in [0.29, 0.717) is 12.1 Å². The van der Waals surface area contributed by atoms with Gasteiger partial charge < -0.3 is 14.8 Å². The van der Waals surface area contributed by atoms with Crippen LogP contribution in [-0.2, 0) is 6.54 Å². The number of benzene rings is 1. The Bertz CT molecular complexity index is 423. The van der Waals surface area contributed by atoms with Crippen molar-refractivity contribution < 1.29 is 9.47 Å². The molecule has 2 unspecified atom stereocenters. The Kier molecular flexibility index (Phi) is 4.66. The lowest BCUT2D eigenvalue weighted by Crippen LogP contribution is -2.53. The van der Waals surface area contributed by atoms with Gasteiger partial charge in [-0.3, -0.25) is 4.90 Å². The molecule has 2 rings (SSSR count). The van der Waals surface area contributed by atoms with Gasteiger partial charge in [-0.05, 0) is 32.0 Å². The van der Waals surface area contributed by atoms with E-state index < -0.39 is 0 Å². The van der Waals surface area contributed by atoms with Gasteiger partial charge in [-0.15, -0.1) is 0 Å². The summed E-state index contributed by atoms with van der Waals surface area (Å²) >= 11 is 0. The molecule has 0 saturated carbocycles. The van der Waals surface area contributed by atoms with E-state index in [-0.39, 0.29) is 0 Å². The summed E-state index contributed by atoms with van der Waals surface area (Å²) in [5.74, 6) is 1.81. The predicted octanol–water partition coefficient (Wildman–Crippen LogP) is 1.89. The van der Waals surface area contributed by atoms with Gasteiger partial charge >= 0.3 is 0 Å². The van der Waals surface area contributed by atoms with Crippen LogP contribution < -0.4 is 14.8 Å². The first kappa shape index (κ1) is 14.2. The largest absolute Gasteiger partial charge is 0.497 e. The summed E-state index contributed by atoms with van der Waals surface area (Å²) in [5, 5.41) is 3.50. The molecule has 2 atom stereocenters. The van der Waals surface area contributed by atoms with E-state index in [0.717, 1.165) is 31.1 Å². The minimum Gasteiger partial charge on any atom is -0.497 e. The van der Waals surface area contributed by atoms with Crippen molar-refractivity contribution in [2.75, 3.05) is 27.3 Å².